The number of carbonyl (C=O) groups excluding carboxylic acids is 2. The van der Waals surface area contributed by atoms with Crippen LogP contribution >= 0.6 is 0 Å². The molecular weight excluding hydrogens is 252 g/mol. The summed E-state index contributed by atoms with van der Waals surface area (Å²) in [5.74, 6) is 0.556. The van der Waals surface area contributed by atoms with E-state index in [1.807, 2.05) is 11.0 Å². The lowest BCUT2D eigenvalue weighted by Gasteiger charge is -2.32. The molecule has 1 saturated heterocycles. The Hall–Kier alpha value is -1.84. The molecule has 20 heavy (non-hydrogen) atoms. The lowest BCUT2D eigenvalue weighted by atomic mass is 9.95. The minimum Gasteiger partial charge on any atom is -0.338 e. The number of hydrogen-bond acceptors (Lipinski definition) is 2. The van der Waals surface area contributed by atoms with Crippen molar-refractivity contribution in [1.82, 2.24) is 4.90 Å². The standard InChI is InChI=1S/C16H22N2O2/c1-3-13-6-5-9-18(11-13)16(20)14-7-4-8-15(10-14)17-12(2)19/h4,7-8,10,13H,3,5-6,9,11H2,1-2H3,(H,17,19). The molecule has 1 fully saturated rings. The first-order valence-corrected chi connectivity index (χ1v) is 7.27. The topological polar surface area (TPSA) is 49.4 Å². The number of carbonyl (C=O) groups is 2. The van der Waals surface area contributed by atoms with Crippen LogP contribution in [-0.2, 0) is 4.79 Å². The van der Waals surface area contributed by atoms with Crippen molar-refractivity contribution < 1.29 is 9.59 Å². The van der Waals surface area contributed by atoms with Gasteiger partial charge in [-0.2, -0.15) is 0 Å². The maximum atomic E-state index is 12.5. The molecule has 0 bridgehead atoms. The first kappa shape index (κ1) is 14.6. The second-order valence-corrected chi connectivity index (χ2v) is 5.43. The Balaban J connectivity index is 2.10. The van der Waals surface area contributed by atoms with E-state index in [-0.39, 0.29) is 11.8 Å². The van der Waals surface area contributed by atoms with Crippen molar-refractivity contribution in [1.29, 1.82) is 0 Å². The third kappa shape index (κ3) is 3.59. The summed E-state index contributed by atoms with van der Waals surface area (Å²) in [4.78, 5) is 25.5. The molecule has 1 aromatic rings. The van der Waals surface area contributed by atoms with Crippen molar-refractivity contribution in [2.75, 3.05) is 18.4 Å². The van der Waals surface area contributed by atoms with E-state index in [1.165, 1.54) is 13.3 Å². The number of likely N-dealkylation sites (tertiary alicyclic amines) is 1. The Bertz CT molecular complexity index is 499. The summed E-state index contributed by atoms with van der Waals surface area (Å²) < 4.78 is 0. The van der Waals surface area contributed by atoms with E-state index in [1.54, 1.807) is 18.2 Å². The molecule has 2 amide bonds. The van der Waals surface area contributed by atoms with Crippen LogP contribution in [0.15, 0.2) is 24.3 Å². The van der Waals surface area contributed by atoms with Crippen LogP contribution in [0, 0.1) is 5.92 Å². The van der Waals surface area contributed by atoms with Crippen molar-refractivity contribution >= 4 is 17.5 Å². The van der Waals surface area contributed by atoms with Gasteiger partial charge in [0.15, 0.2) is 0 Å². The first-order chi connectivity index (χ1) is 9.60. The van der Waals surface area contributed by atoms with Crippen LogP contribution in [0.25, 0.3) is 0 Å². The second kappa shape index (κ2) is 6.55. The fourth-order valence-corrected chi connectivity index (χ4v) is 2.70. The molecule has 4 nitrogen and oxygen atoms in total. The number of piperidine rings is 1. The number of hydrogen-bond donors (Lipinski definition) is 1. The average Bonchev–Trinajstić information content (AvgIpc) is 2.46. The smallest absolute Gasteiger partial charge is 0.253 e. The molecule has 1 N–H and O–H groups in total. The van der Waals surface area contributed by atoms with Crippen LogP contribution in [0.3, 0.4) is 0 Å². The zero-order valence-electron chi connectivity index (χ0n) is 12.2. The van der Waals surface area contributed by atoms with E-state index in [0.717, 1.165) is 25.9 Å². The quantitative estimate of drug-likeness (QED) is 0.921. The van der Waals surface area contributed by atoms with Crippen LogP contribution in [-0.4, -0.2) is 29.8 Å². The molecule has 0 aromatic heterocycles. The number of nitrogens with zero attached hydrogens (tertiary/aromatic N) is 1. The molecule has 4 heteroatoms. The van der Waals surface area contributed by atoms with E-state index >= 15 is 0 Å². The van der Waals surface area contributed by atoms with Gasteiger partial charge in [0.25, 0.3) is 5.91 Å². The van der Waals surface area contributed by atoms with Gasteiger partial charge in [0.1, 0.15) is 0 Å². The number of amides is 2. The van der Waals surface area contributed by atoms with Gasteiger partial charge in [0.05, 0.1) is 0 Å². The minimum absolute atomic E-state index is 0.0651. The van der Waals surface area contributed by atoms with Crippen LogP contribution in [0.4, 0.5) is 5.69 Å². The highest BCUT2D eigenvalue weighted by atomic mass is 16.2. The largest absolute Gasteiger partial charge is 0.338 e. The lowest BCUT2D eigenvalue weighted by Crippen LogP contribution is -2.39. The number of rotatable bonds is 3. The zero-order chi connectivity index (χ0) is 14.5. The van der Waals surface area contributed by atoms with Crippen molar-refractivity contribution in [2.45, 2.75) is 33.1 Å². The SMILES string of the molecule is CCC1CCCN(C(=O)c2cccc(NC(C)=O)c2)C1. The normalized spacial score (nSPS) is 18.7. The van der Waals surface area contributed by atoms with Gasteiger partial charge in [-0.15, -0.1) is 0 Å². The van der Waals surface area contributed by atoms with Crippen molar-refractivity contribution in [3.63, 3.8) is 0 Å². The summed E-state index contributed by atoms with van der Waals surface area (Å²) in [5.41, 5.74) is 1.32. The van der Waals surface area contributed by atoms with Gasteiger partial charge in [0.2, 0.25) is 5.91 Å². The average molecular weight is 274 g/mol. The Morgan fingerprint density at radius 1 is 1.40 bits per heavy atom. The third-order valence-electron chi connectivity index (χ3n) is 3.81. The van der Waals surface area contributed by atoms with Crippen molar-refractivity contribution in [2.24, 2.45) is 5.92 Å². The minimum atomic E-state index is -0.126. The molecule has 0 spiro atoms. The molecule has 1 aliphatic rings. The fraction of sp³-hybridized carbons (Fsp3) is 0.500. The van der Waals surface area contributed by atoms with Gasteiger partial charge in [-0.3, -0.25) is 9.59 Å². The van der Waals surface area contributed by atoms with E-state index in [0.29, 0.717) is 17.2 Å². The van der Waals surface area contributed by atoms with Crippen LogP contribution < -0.4 is 5.32 Å². The van der Waals surface area contributed by atoms with E-state index < -0.39 is 0 Å². The predicted octanol–water partition coefficient (Wildman–Crippen LogP) is 2.91. The highest BCUT2D eigenvalue weighted by Gasteiger charge is 2.23. The number of anilines is 1. The number of benzene rings is 1. The molecule has 0 aliphatic carbocycles. The molecule has 2 rings (SSSR count). The first-order valence-electron chi connectivity index (χ1n) is 7.27. The van der Waals surface area contributed by atoms with Gasteiger partial charge in [-0.1, -0.05) is 19.4 Å². The zero-order valence-corrected chi connectivity index (χ0v) is 12.2. The van der Waals surface area contributed by atoms with Gasteiger partial charge in [-0.25, -0.2) is 0 Å². The van der Waals surface area contributed by atoms with Gasteiger partial charge in [-0.05, 0) is 37.0 Å². The van der Waals surface area contributed by atoms with Crippen molar-refractivity contribution in [3.05, 3.63) is 29.8 Å². The monoisotopic (exact) mass is 274 g/mol. The molecule has 1 atom stereocenters. The molecule has 1 aromatic carbocycles. The van der Waals surface area contributed by atoms with Crippen LogP contribution in [0.1, 0.15) is 43.5 Å². The lowest BCUT2D eigenvalue weighted by molar-refractivity contribution is -0.114. The fourth-order valence-electron chi connectivity index (χ4n) is 2.70. The molecule has 1 aliphatic heterocycles. The van der Waals surface area contributed by atoms with Gasteiger partial charge >= 0.3 is 0 Å². The van der Waals surface area contributed by atoms with Crippen molar-refractivity contribution in [3.8, 4) is 0 Å². The highest BCUT2D eigenvalue weighted by Crippen LogP contribution is 2.21. The van der Waals surface area contributed by atoms with E-state index in [2.05, 4.69) is 12.2 Å². The van der Waals surface area contributed by atoms with Crippen LogP contribution in [0.2, 0.25) is 0 Å². The summed E-state index contributed by atoms with van der Waals surface area (Å²) in [6.07, 6.45) is 3.41. The van der Waals surface area contributed by atoms with Crippen LogP contribution in [0.5, 0.6) is 0 Å². The third-order valence-corrected chi connectivity index (χ3v) is 3.81. The molecule has 1 unspecified atom stereocenters. The van der Waals surface area contributed by atoms with E-state index in [9.17, 15) is 9.59 Å². The predicted molar refractivity (Wildman–Crippen MR) is 79.7 cm³/mol. The Morgan fingerprint density at radius 3 is 2.90 bits per heavy atom. The maximum Gasteiger partial charge on any atom is 0.253 e. The van der Waals surface area contributed by atoms with E-state index in [4.69, 9.17) is 0 Å². The van der Waals surface area contributed by atoms with Gasteiger partial charge in [0, 0.05) is 31.3 Å². The summed E-state index contributed by atoms with van der Waals surface area (Å²) in [6.45, 7) is 5.32. The molecule has 0 saturated carbocycles. The number of nitrogens with one attached hydrogen (secondary N) is 1. The Kier molecular flexibility index (Phi) is 4.77. The summed E-state index contributed by atoms with van der Waals surface area (Å²) in [6, 6.07) is 7.16. The second-order valence-electron chi connectivity index (χ2n) is 5.43. The summed E-state index contributed by atoms with van der Waals surface area (Å²) >= 11 is 0. The Labute approximate surface area is 120 Å². The van der Waals surface area contributed by atoms with Gasteiger partial charge < -0.3 is 10.2 Å². The molecule has 108 valence electrons. The maximum absolute atomic E-state index is 12.5. The Morgan fingerprint density at radius 2 is 2.20 bits per heavy atom. The summed E-state index contributed by atoms with van der Waals surface area (Å²) in [5, 5.41) is 2.71. The molecule has 0 radical (unpaired) electrons. The highest BCUT2D eigenvalue weighted by molar-refractivity contribution is 5.96. The molecular formula is C16H22N2O2. The molecule has 1 heterocycles. The summed E-state index contributed by atoms with van der Waals surface area (Å²) in [7, 11) is 0.